The fraction of sp³-hybridized carbons (Fsp3) is 0.550. The highest BCUT2D eigenvalue weighted by Crippen LogP contribution is 2.25. The standard InChI is InChI=1S/C20H27N3O5S/c1-14(24)15-3-7-18(8-4-15)29(27,28)23-11-9-16(10-12-23)20(26)22(2)13-19(25)21-17-5-6-17/h3-4,7-8,16-17H,5-6,9-13H2,1-2H3,(H,21,25). The van der Waals surface area contributed by atoms with Gasteiger partial charge in [0.05, 0.1) is 11.4 Å². The summed E-state index contributed by atoms with van der Waals surface area (Å²) >= 11 is 0. The SMILES string of the molecule is CC(=O)c1ccc(S(=O)(=O)N2CCC(C(=O)N(C)CC(=O)NC3CC3)CC2)cc1. The largest absolute Gasteiger partial charge is 0.352 e. The van der Waals surface area contributed by atoms with Crippen LogP contribution in [0.15, 0.2) is 29.2 Å². The molecule has 1 saturated carbocycles. The van der Waals surface area contributed by atoms with Crippen LogP contribution in [0.2, 0.25) is 0 Å². The van der Waals surface area contributed by atoms with Gasteiger partial charge in [0.2, 0.25) is 21.8 Å². The van der Waals surface area contributed by atoms with Gasteiger partial charge in [-0.15, -0.1) is 0 Å². The van der Waals surface area contributed by atoms with E-state index in [1.54, 1.807) is 7.05 Å². The van der Waals surface area contributed by atoms with Crippen molar-refractivity contribution in [3.05, 3.63) is 29.8 Å². The summed E-state index contributed by atoms with van der Waals surface area (Å²) in [4.78, 5) is 37.4. The maximum atomic E-state index is 12.8. The number of carbonyl (C=O) groups is 3. The summed E-state index contributed by atoms with van der Waals surface area (Å²) in [5.74, 6) is -0.695. The molecule has 2 aliphatic rings. The van der Waals surface area contributed by atoms with Crippen LogP contribution in [-0.2, 0) is 19.6 Å². The van der Waals surface area contributed by atoms with Crippen LogP contribution in [0.3, 0.4) is 0 Å². The summed E-state index contributed by atoms with van der Waals surface area (Å²) in [6, 6.07) is 6.15. The first-order valence-corrected chi connectivity index (χ1v) is 11.3. The number of hydrogen-bond acceptors (Lipinski definition) is 5. The molecule has 29 heavy (non-hydrogen) atoms. The Hall–Kier alpha value is -2.26. The van der Waals surface area contributed by atoms with E-state index in [0.717, 1.165) is 12.8 Å². The minimum atomic E-state index is -3.67. The Morgan fingerprint density at radius 2 is 1.66 bits per heavy atom. The molecule has 2 fully saturated rings. The maximum absolute atomic E-state index is 12.8. The first-order chi connectivity index (χ1) is 13.7. The summed E-state index contributed by atoms with van der Waals surface area (Å²) in [6.07, 6.45) is 2.82. The van der Waals surface area contributed by atoms with Gasteiger partial charge in [0.15, 0.2) is 5.78 Å². The Kier molecular flexibility index (Phi) is 6.38. The van der Waals surface area contributed by atoms with E-state index in [-0.39, 0.29) is 54.1 Å². The lowest BCUT2D eigenvalue weighted by Crippen LogP contribution is -2.45. The van der Waals surface area contributed by atoms with E-state index in [9.17, 15) is 22.8 Å². The number of Topliss-reactive ketones (excluding diaryl/α,β-unsaturated/α-hetero) is 1. The molecule has 0 aromatic heterocycles. The molecule has 0 bridgehead atoms. The predicted octanol–water partition coefficient (Wildman–Crippen LogP) is 1.03. The normalized spacial score (nSPS) is 18.3. The Labute approximate surface area is 171 Å². The molecule has 0 unspecified atom stereocenters. The molecule has 1 aliphatic carbocycles. The highest BCUT2D eigenvalue weighted by Gasteiger charge is 2.34. The molecule has 1 heterocycles. The quantitative estimate of drug-likeness (QED) is 0.662. The predicted molar refractivity (Wildman–Crippen MR) is 107 cm³/mol. The zero-order valence-electron chi connectivity index (χ0n) is 16.8. The van der Waals surface area contributed by atoms with Crippen LogP contribution < -0.4 is 5.32 Å². The Morgan fingerprint density at radius 1 is 1.07 bits per heavy atom. The fourth-order valence-corrected chi connectivity index (χ4v) is 4.93. The topological polar surface area (TPSA) is 104 Å². The number of nitrogens with zero attached hydrogens (tertiary/aromatic N) is 2. The van der Waals surface area contributed by atoms with Gasteiger partial charge in [0.25, 0.3) is 0 Å². The first kappa shape index (κ1) is 21.4. The van der Waals surface area contributed by atoms with Crippen LogP contribution >= 0.6 is 0 Å². The molecule has 3 rings (SSSR count). The summed E-state index contributed by atoms with van der Waals surface area (Å²) in [7, 11) is -2.06. The number of carbonyl (C=O) groups excluding carboxylic acids is 3. The van der Waals surface area contributed by atoms with Gasteiger partial charge in [0, 0.05) is 37.7 Å². The van der Waals surface area contributed by atoms with Crippen molar-refractivity contribution in [2.24, 2.45) is 5.92 Å². The van der Waals surface area contributed by atoms with Crippen molar-refractivity contribution in [2.75, 3.05) is 26.7 Å². The monoisotopic (exact) mass is 421 g/mol. The lowest BCUT2D eigenvalue weighted by Gasteiger charge is -2.32. The van der Waals surface area contributed by atoms with Crippen molar-refractivity contribution < 1.29 is 22.8 Å². The molecule has 1 saturated heterocycles. The second-order valence-electron chi connectivity index (χ2n) is 7.80. The number of likely N-dealkylation sites (N-methyl/N-ethyl adjacent to an activating group) is 1. The Bertz CT molecular complexity index is 885. The van der Waals surface area contributed by atoms with Crippen LogP contribution in [-0.4, -0.2) is 67.9 Å². The second-order valence-corrected chi connectivity index (χ2v) is 9.73. The van der Waals surface area contributed by atoms with Gasteiger partial charge in [-0.05, 0) is 44.7 Å². The number of rotatable bonds is 7. The van der Waals surface area contributed by atoms with E-state index in [2.05, 4.69) is 5.32 Å². The molecule has 0 radical (unpaired) electrons. The zero-order chi connectivity index (χ0) is 21.2. The highest BCUT2D eigenvalue weighted by molar-refractivity contribution is 7.89. The molecular weight excluding hydrogens is 394 g/mol. The maximum Gasteiger partial charge on any atom is 0.243 e. The Morgan fingerprint density at radius 3 is 2.17 bits per heavy atom. The molecule has 0 spiro atoms. The van der Waals surface area contributed by atoms with E-state index in [0.29, 0.717) is 18.4 Å². The second kappa shape index (κ2) is 8.62. The highest BCUT2D eigenvalue weighted by atomic mass is 32.2. The van der Waals surface area contributed by atoms with E-state index in [1.807, 2.05) is 0 Å². The molecule has 2 amide bonds. The molecule has 8 nitrogen and oxygen atoms in total. The van der Waals surface area contributed by atoms with Crippen molar-refractivity contribution in [2.45, 2.75) is 43.5 Å². The summed E-state index contributed by atoms with van der Waals surface area (Å²) in [6.45, 7) is 1.94. The summed E-state index contributed by atoms with van der Waals surface area (Å²) in [5, 5.41) is 2.86. The van der Waals surface area contributed by atoms with Gasteiger partial charge in [-0.25, -0.2) is 8.42 Å². The number of piperidine rings is 1. The minimum Gasteiger partial charge on any atom is -0.352 e. The fourth-order valence-electron chi connectivity index (χ4n) is 3.46. The van der Waals surface area contributed by atoms with Gasteiger partial charge < -0.3 is 10.2 Å². The van der Waals surface area contributed by atoms with Gasteiger partial charge in [-0.1, -0.05) is 12.1 Å². The van der Waals surface area contributed by atoms with Gasteiger partial charge >= 0.3 is 0 Å². The number of amides is 2. The van der Waals surface area contributed by atoms with E-state index < -0.39 is 10.0 Å². The van der Waals surface area contributed by atoms with Crippen LogP contribution in [0.1, 0.15) is 43.0 Å². The van der Waals surface area contributed by atoms with Gasteiger partial charge in [0.1, 0.15) is 0 Å². The van der Waals surface area contributed by atoms with Crippen LogP contribution in [0.4, 0.5) is 0 Å². The van der Waals surface area contributed by atoms with Gasteiger partial charge in [-0.3, -0.25) is 14.4 Å². The van der Waals surface area contributed by atoms with Crippen LogP contribution in [0.5, 0.6) is 0 Å². The summed E-state index contributed by atoms with van der Waals surface area (Å²) in [5.41, 5.74) is 0.460. The number of ketones is 1. The number of benzene rings is 1. The minimum absolute atomic E-state index is 0.0242. The molecular formula is C20H27N3O5S. The Balaban J connectivity index is 1.55. The molecule has 0 atom stereocenters. The molecule has 158 valence electrons. The first-order valence-electron chi connectivity index (χ1n) is 9.84. The van der Waals surface area contributed by atoms with Gasteiger partial charge in [-0.2, -0.15) is 4.31 Å². The molecule has 1 aromatic carbocycles. The third-order valence-corrected chi connectivity index (χ3v) is 7.31. The van der Waals surface area contributed by atoms with Crippen LogP contribution in [0, 0.1) is 5.92 Å². The van der Waals surface area contributed by atoms with E-state index >= 15 is 0 Å². The molecule has 1 aromatic rings. The lowest BCUT2D eigenvalue weighted by molar-refractivity contribution is -0.139. The van der Waals surface area contributed by atoms with E-state index in [4.69, 9.17) is 0 Å². The van der Waals surface area contributed by atoms with Crippen molar-refractivity contribution >= 4 is 27.6 Å². The summed E-state index contributed by atoms with van der Waals surface area (Å²) < 4.78 is 27.0. The molecule has 9 heteroatoms. The zero-order valence-corrected chi connectivity index (χ0v) is 17.6. The number of hydrogen-bond donors (Lipinski definition) is 1. The van der Waals surface area contributed by atoms with Crippen molar-refractivity contribution in [1.29, 1.82) is 0 Å². The van der Waals surface area contributed by atoms with Crippen LogP contribution in [0.25, 0.3) is 0 Å². The lowest BCUT2D eigenvalue weighted by atomic mass is 9.96. The van der Waals surface area contributed by atoms with Crippen molar-refractivity contribution in [3.8, 4) is 0 Å². The van der Waals surface area contributed by atoms with Crippen molar-refractivity contribution in [1.82, 2.24) is 14.5 Å². The average Bonchev–Trinajstić information content (AvgIpc) is 3.51. The van der Waals surface area contributed by atoms with Crippen molar-refractivity contribution in [3.63, 3.8) is 0 Å². The third kappa shape index (κ3) is 5.22. The number of sulfonamides is 1. The number of nitrogens with one attached hydrogen (secondary N) is 1. The smallest absolute Gasteiger partial charge is 0.243 e. The molecule has 1 N–H and O–H groups in total. The average molecular weight is 422 g/mol. The molecule has 1 aliphatic heterocycles. The van der Waals surface area contributed by atoms with E-state index in [1.165, 1.54) is 40.4 Å². The third-order valence-electron chi connectivity index (χ3n) is 5.40.